The Bertz CT molecular complexity index is 1260. The number of carbonyl (C=O) groups excluding carboxylic acids is 1. The molecular weight excluding hydrogens is 466 g/mol. The van der Waals surface area contributed by atoms with Crippen molar-refractivity contribution in [3.63, 3.8) is 0 Å². The van der Waals surface area contributed by atoms with E-state index in [0.29, 0.717) is 35.9 Å². The maximum atomic E-state index is 10.9. The lowest BCUT2D eigenvalue weighted by molar-refractivity contribution is -0.118. The minimum Gasteiger partial charge on any atom is -0.385 e. The third-order valence-electron chi connectivity index (χ3n) is 7.78. The number of hydrogen-bond acceptors (Lipinski definition) is 6. The minimum absolute atomic E-state index is 0.204. The number of aliphatic hydroxyl groups excluding tert-OH is 1. The monoisotopic (exact) mass is 501 g/mol. The van der Waals surface area contributed by atoms with Crippen LogP contribution in [-0.4, -0.2) is 50.3 Å². The van der Waals surface area contributed by atoms with Gasteiger partial charge in [0.05, 0.1) is 6.54 Å². The predicted molar refractivity (Wildman–Crippen MR) is 140 cm³/mol. The van der Waals surface area contributed by atoms with E-state index in [1.807, 2.05) is 41.1 Å². The lowest BCUT2D eigenvalue weighted by Crippen LogP contribution is -2.47. The van der Waals surface area contributed by atoms with Gasteiger partial charge in [-0.3, -0.25) is 4.79 Å². The highest BCUT2D eigenvalue weighted by Gasteiger charge is 2.44. The van der Waals surface area contributed by atoms with Crippen molar-refractivity contribution in [2.75, 3.05) is 19.6 Å². The summed E-state index contributed by atoms with van der Waals surface area (Å²) in [5.74, 6) is 8.43. The molecule has 1 aliphatic heterocycles. The Hall–Kier alpha value is -3.41. The van der Waals surface area contributed by atoms with Crippen LogP contribution in [-0.2, 0) is 11.3 Å². The zero-order valence-corrected chi connectivity index (χ0v) is 21.4. The number of aromatic nitrogens is 3. The fraction of sp³-hybridized carbons (Fsp3) is 0.483. The zero-order chi connectivity index (χ0) is 25.8. The Morgan fingerprint density at radius 1 is 1.27 bits per heavy atom. The highest BCUT2D eigenvalue weighted by Crippen LogP contribution is 2.52. The third kappa shape index (κ3) is 6.12. The van der Waals surface area contributed by atoms with Crippen LogP contribution in [0.5, 0.6) is 0 Å². The van der Waals surface area contributed by atoms with Crippen LogP contribution in [0.3, 0.4) is 0 Å². The molecule has 3 N–H and O–H groups in total. The van der Waals surface area contributed by atoms with Gasteiger partial charge in [0.2, 0.25) is 5.91 Å². The van der Waals surface area contributed by atoms with Crippen LogP contribution in [0.2, 0.25) is 0 Å². The van der Waals surface area contributed by atoms with Gasteiger partial charge in [0.1, 0.15) is 17.6 Å². The van der Waals surface area contributed by atoms with Crippen molar-refractivity contribution >= 4 is 5.91 Å². The second kappa shape index (κ2) is 10.9. The van der Waals surface area contributed by atoms with Crippen LogP contribution in [0.15, 0.2) is 47.2 Å². The van der Waals surface area contributed by atoms with Crippen LogP contribution in [0.25, 0.3) is 11.3 Å². The normalized spacial score (nSPS) is 18.2. The summed E-state index contributed by atoms with van der Waals surface area (Å²) in [7, 11) is 0. The summed E-state index contributed by atoms with van der Waals surface area (Å²) in [6.45, 7) is 5.40. The Morgan fingerprint density at radius 2 is 2.03 bits per heavy atom. The number of benzene rings is 1. The van der Waals surface area contributed by atoms with Gasteiger partial charge in [0.15, 0.2) is 5.76 Å². The lowest BCUT2D eigenvalue weighted by Gasteiger charge is -2.51. The number of aliphatic hydroxyl groups is 1. The molecule has 37 heavy (non-hydrogen) atoms. The van der Waals surface area contributed by atoms with Gasteiger partial charge in [0, 0.05) is 41.9 Å². The first kappa shape index (κ1) is 25.2. The van der Waals surface area contributed by atoms with E-state index in [2.05, 4.69) is 26.9 Å². The molecule has 8 nitrogen and oxygen atoms in total. The SMILES string of the molecule is C[C@H](O)c1nccn1Cc1cc(-c2ccc(C#CC3CC4(CCN(CCCC(N)=O)CC4)C3)cc2)on1. The number of piperidine rings is 1. The van der Waals surface area contributed by atoms with Gasteiger partial charge in [-0.2, -0.15) is 0 Å². The molecule has 194 valence electrons. The number of rotatable bonds is 8. The number of primary amides is 1. The molecule has 2 aliphatic rings. The third-order valence-corrected chi connectivity index (χ3v) is 7.78. The number of imidazole rings is 1. The molecule has 2 aromatic heterocycles. The zero-order valence-electron chi connectivity index (χ0n) is 21.4. The van der Waals surface area contributed by atoms with Crippen molar-refractivity contribution < 1.29 is 14.4 Å². The van der Waals surface area contributed by atoms with Crippen molar-refractivity contribution in [3.8, 4) is 23.2 Å². The molecule has 1 spiro atoms. The molecule has 0 radical (unpaired) electrons. The molecule has 1 saturated carbocycles. The van der Waals surface area contributed by atoms with E-state index in [1.54, 1.807) is 13.1 Å². The topological polar surface area (TPSA) is 110 Å². The van der Waals surface area contributed by atoms with Crippen molar-refractivity contribution in [1.29, 1.82) is 0 Å². The predicted octanol–water partition coefficient (Wildman–Crippen LogP) is 3.75. The lowest BCUT2D eigenvalue weighted by atomic mass is 9.58. The van der Waals surface area contributed by atoms with E-state index in [4.69, 9.17) is 10.3 Å². The Labute approximate surface area is 217 Å². The number of nitrogens with two attached hydrogens (primary N) is 1. The highest BCUT2D eigenvalue weighted by molar-refractivity contribution is 5.73. The largest absolute Gasteiger partial charge is 0.385 e. The average Bonchev–Trinajstić information content (AvgIpc) is 3.53. The molecule has 1 saturated heterocycles. The first-order valence-corrected chi connectivity index (χ1v) is 13.2. The minimum atomic E-state index is -0.640. The maximum Gasteiger partial charge on any atom is 0.217 e. The molecule has 0 unspecified atom stereocenters. The average molecular weight is 502 g/mol. The summed E-state index contributed by atoms with van der Waals surface area (Å²) in [6.07, 6.45) is 9.06. The van der Waals surface area contributed by atoms with Crippen LogP contribution in [0.4, 0.5) is 0 Å². The smallest absolute Gasteiger partial charge is 0.217 e. The summed E-state index contributed by atoms with van der Waals surface area (Å²) in [4.78, 5) is 17.6. The summed E-state index contributed by atoms with van der Waals surface area (Å²) in [5, 5.41) is 14.0. The van der Waals surface area contributed by atoms with E-state index in [0.717, 1.165) is 42.9 Å². The second-order valence-electron chi connectivity index (χ2n) is 10.6. The highest BCUT2D eigenvalue weighted by atomic mass is 16.5. The number of hydrogen-bond donors (Lipinski definition) is 2. The maximum absolute atomic E-state index is 10.9. The molecule has 1 atom stereocenters. The van der Waals surface area contributed by atoms with Gasteiger partial charge in [-0.15, -0.1) is 0 Å². The molecular formula is C29H35N5O3. The van der Waals surface area contributed by atoms with Gasteiger partial charge in [0.25, 0.3) is 0 Å². The Kier molecular flexibility index (Phi) is 7.45. The number of likely N-dealkylation sites (tertiary alicyclic amines) is 1. The van der Waals surface area contributed by atoms with E-state index >= 15 is 0 Å². The first-order chi connectivity index (χ1) is 17.9. The van der Waals surface area contributed by atoms with E-state index < -0.39 is 6.10 Å². The molecule has 5 rings (SSSR count). The Balaban J connectivity index is 1.10. The number of nitrogens with zero attached hydrogens (tertiary/aromatic N) is 4. The molecule has 0 bridgehead atoms. The number of amides is 1. The summed E-state index contributed by atoms with van der Waals surface area (Å²) in [6, 6.07) is 10.0. The molecule has 3 aromatic rings. The van der Waals surface area contributed by atoms with Crippen LogP contribution >= 0.6 is 0 Å². The van der Waals surface area contributed by atoms with Gasteiger partial charge < -0.3 is 24.8 Å². The summed E-state index contributed by atoms with van der Waals surface area (Å²) in [5.41, 5.74) is 8.46. The van der Waals surface area contributed by atoms with Crippen molar-refractivity contribution in [2.24, 2.45) is 17.1 Å². The van der Waals surface area contributed by atoms with E-state index in [9.17, 15) is 9.90 Å². The van der Waals surface area contributed by atoms with Gasteiger partial charge in [-0.25, -0.2) is 4.98 Å². The van der Waals surface area contributed by atoms with Crippen molar-refractivity contribution in [2.45, 2.75) is 58.1 Å². The fourth-order valence-electron chi connectivity index (χ4n) is 5.65. The Morgan fingerprint density at radius 3 is 2.73 bits per heavy atom. The van der Waals surface area contributed by atoms with Crippen molar-refractivity contribution in [3.05, 3.63) is 59.8 Å². The van der Waals surface area contributed by atoms with E-state index in [-0.39, 0.29) is 5.91 Å². The molecule has 8 heteroatoms. The van der Waals surface area contributed by atoms with E-state index in [1.165, 1.54) is 25.7 Å². The quantitative estimate of drug-likeness (QED) is 0.455. The summed E-state index contributed by atoms with van der Waals surface area (Å²) < 4.78 is 7.43. The van der Waals surface area contributed by atoms with Gasteiger partial charge in [-0.05, 0) is 88.3 Å². The molecule has 1 amide bonds. The van der Waals surface area contributed by atoms with Crippen molar-refractivity contribution in [1.82, 2.24) is 19.6 Å². The second-order valence-corrected chi connectivity index (χ2v) is 10.6. The van der Waals surface area contributed by atoms with Crippen LogP contribution in [0, 0.1) is 23.2 Å². The molecule has 1 aromatic carbocycles. The molecule has 2 fully saturated rings. The molecule has 1 aliphatic carbocycles. The molecule has 3 heterocycles. The number of carbonyl (C=O) groups is 1. The standard InChI is InChI=1S/C29H35N5O3/c1-21(35)28-31-12-16-34(28)20-25-17-26(37-32-25)24-8-6-22(7-9-24)4-5-23-18-29(19-23)10-14-33(15-11-29)13-2-3-27(30)36/h6-9,12,16-17,21,23,35H,2-3,10-11,13-15,18-20H2,1H3,(H2,30,36)/t21-/m0/s1. The van der Waals surface area contributed by atoms with Crippen LogP contribution < -0.4 is 5.73 Å². The van der Waals surface area contributed by atoms with Crippen LogP contribution in [0.1, 0.15) is 68.6 Å². The van der Waals surface area contributed by atoms with Gasteiger partial charge >= 0.3 is 0 Å². The summed E-state index contributed by atoms with van der Waals surface area (Å²) >= 11 is 0. The first-order valence-electron chi connectivity index (χ1n) is 13.2. The van der Waals surface area contributed by atoms with Gasteiger partial charge in [-0.1, -0.05) is 17.0 Å². The fourth-order valence-corrected chi connectivity index (χ4v) is 5.65.